The summed E-state index contributed by atoms with van der Waals surface area (Å²) in [6.45, 7) is 1.45. The number of carbonyl (C=O) groups is 1. The Labute approximate surface area is 114 Å². The third-order valence-electron chi connectivity index (χ3n) is 5.69. The average Bonchev–Trinajstić information content (AvgIpc) is 2.48. The number of carbonyl (C=O) groups excluding carboxylic acids is 1. The Kier molecular flexibility index (Phi) is 3.13. The SMILES string of the molecule is CC(=O)O[C@]12CCCC[C@@H]1[C@@]1(O)[C@@H]2CCCC[C@@H]1O. The van der Waals surface area contributed by atoms with Crippen LogP contribution >= 0.6 is 0 Å². The average molecular weight is 268 g/mol. The van der Waals surface area contributed by atoms with Crippen LogP contribution < -0.4 is 0 Å². The van der Waals surface area contributed by atoms with Crippen molar-refractivity contribution < 1.29 is 19.7 Å². The van der Waals surface area contributed by atoms with Crippen molar-refractivity contribution in [3.63, 3.8) is 0 Å². The summed E-state index contributed by atoms with van der Waals surface area (Å²) in [5, 5.41) is 21.3. The summed E-state index contributed by atoms with van der Waals surface area (Å²) < 4.78 is 5.71. The van der Waals surface area contributed by atoms with Gasteiger partial charge in [-0.05, 0) is 32.1 Å². The molecule has 3 aliphatic rings. The van der Waals surface area contributed by atoms with E-state index < -0.39 is 17.3 Å². The fourth-order valence-corrected chi connectivity index (χ4v) is 5.06. The van der Waals surface area contributed by atoms with E-state index in [0.717, 1.165) is 44.9 Å². The third-order valence-corrected chi connectivity index (χ3v) is 5.69. The quantitative estimate of drug-likeness (QED) is 0.711. The Hall–Kier alpha value is -0.610. The maximum absolute atomic E-state index is 11.5. The molecule has 0 amide bonds. The van der Waals surface area contributed by atoms with Crippen molar-refractivity contribution in [1.82, 2.24) is 0 Å². The number of hydrogen-bond acceptors (Lipinski definition) is 4. The van der Waals surface area contributed by atoms with Crippen molar-refractivity contribution in [3.05, 3.63) is 0 Å². The van der Waals surface area contributed by atoms with Gasteiger partial charge in [0.1, 0.15) is 11.2 Å². The van der Waals surface area contributed by atoms with Crippen LogP contribution in [0, 0.1) is 11.8 Å². The summed E-state index contributed by atoms with van der Waals surface area (Å²) in [7, 11) is 0. The number of aliphatic hydroxyl groups is 2. The number of ether oxygens (including phenoxy) is 1. The molecule has 0 saturated heterocycles. The lowest BCUT2D eigenvalue weighted by Crippen LogP contribution is -2.79. The highest BCUT2D eigenvalue weighted by molar-refractivity contribution is 5.67. The number of fused-ring (bicyclic) bond motifs is 4. The van der Waals surface area contributed by atoms with Crippen LogP contribution in [-0.2, 0) is 9.53 Å². The first-order valence-corrected chi connectivity index (χ1v) is 7.62. The van der Waals surface area contributed by atoms with Crippen molar-refractivity contribution >= 4 is 5.97 Å². The zero-order chi connectivity index (χ0) is 13.7. The Morgan fingerprint density at radius 3 is 2.32 bits per heavy atom. The van der Waals surface area contributed by atoms with Crippen LogP contribution in [0.15, 0.2) is 0 Å². The van der Waals surface area contributed by atoms with Gasteiger partial charge in [-0.3, -0.25) is 4.79 Å². The monoisotopic (exact) mass is 268 g/mol. The summed E-state index contributed by atoms with van der Waals surface area (Å²) in [5.41, 5.74) is -1.52. The van der Waals surface area contributed by atoms with Crippen LogP contribution in [0.5, 0.6) is 0 Å². The second kappa shape index (κ2) is 4.45. The van der Waals surface area contributed by atoms with E-state index in [1.54, 1.807) is 0 Å². The molecule has 0 spiro atoms. The fraction of sp³-hybridized carbons (Fsp3) is 0.933. The first kappa shape index (κ1) is 13.4. The Morgan fingerprint density at radius 1 is 1.11 bits per heavy atom. The third kappa shape index (κ3) is 1.69. The molecule has 5 atom stereocenters. The number of hydrogen-bond donors (Lipinski definition) is 2. The predicted octanol–water partition coefficient (Wildman–Crippen LogP) is 1.77. The second-order valence-electron chi connectivity index (χ2n) is 6.59. The molecule has 2 N–H and O–H groups in total. The molecule has 4 nitrogen and oxygen atoms in total. The van der Waals surface area contributed by atoms with E-state index in [0.29, 0.717) is 6.42 Å². The summed E-state index contributed by atoms with van der Waals surface area (Å²) in [4.78, 5) is 11.5. The molecular formula is C15H24O4. The van der Waals surface area contributed by atoms with Gasteiger partial charge in [-0.2, -0.15) is 0 Å². The van der Waals surface area contributed by atoms with Crippen LogP contribution in [-0.4, -0.2) is 33.5 Å². The highest BCUT2D eigenvalue weighted by Gasteiger charge is 2.74. The number of rotatable bonds is 1. The van der Waals surface area contributed by atoms with Gasteiger partial charge in [-0.1, -0.05) is 19.3 Å². The van der Waals surface area contributed by atoms with Crippen LogP contribution in [0.4, 0.5) is 0 Å². The fourth-order valence-electron chi connectivity index (χ4n) is 5.06. The van der Waals surface area contributed by atoms with E-state index >= 15 is 0 Å². The molecule has 4 heteroatoms. The van der Waals surface area contributed by atoms with E-state index in [4.69, 9.17) is 4.74 Å². The van der Waals surface area contributed by atoms with Gasteiger partial charge < -0.3 is 14.9 Å². The largest absolute Gasteiger partial charge is 0.458 e. The number of esters is 1. The highest BCUT2D eigenvalue weighted by Crippen LogP contribution is 2.64. The molecule has 0 aromatic carbocycles. The zero-order valence-corrected chi connectivity index (χ0v) is 11.6. The predicted molar refractivity (Wildman–Crippen MR) is 69.4 cm³/mol. The lowest BCUT2D eigenvalue weighted by Gasteiger charge is -2.67. The first-order chi connectivity index (χ1) is 9.02. The van der Waals surface area contributed by atoms with E-state index in [2.05, 4.69) is 0 Å². The number of aliphatic hydroxyl groups excluding tert-OH is 1. The second-order valence-corrected chi connectivity index (χ2v) is 6.59. The van der Waals surface area contributed by atoms with Crippen molar-refractivity contribution in [1.29, 1.82) is 0 Å². The van der Waals surface area contributed by atoms with Gasteiger partial charge in [0.15, 0.2) is 0 Å². The van der Waals surface area contributed by atoms with Crippen LogP contribution in [0.25, 0.3) is 0 Å². The minimum absolute atomic E-state index is 0.0734. The van der Waals surface area contributed by atoms with Crippen LogP contribution in [0.2, 0.25) is 0 Å². The molecular weight excluding hydrogens is 244 g/mol. The molecule has 0 bridgehead atoms. The first-order valence-electron chi connectivity index (χ1n) is 7.62. The standard InChI is InChI=1S/C15H24O4/c1-10(16)19-14-9-5-4-7-12(14)15(18)11(14)6-2-3-8-13(15)17/h11-13,17-18H,2-9H2,1H3/t11-,12+,13+,14+,15+/m1/s1. The van der Waals surface area contributed by atoms with Gasteiger partial charge in [0.2, 0.25) is 0 Å². The van der Waals surface area contributed by atoms with Gasteiger partial charge in [0.05, 0.1) is 6.10 Å². The molecule has 3 saturated carbocycles. The smallest absolute Gasteiger partial charge is 0.303 e. The van der Waals surface area contributed by atoms with Gasteiger partial charge in [0, 0.05) is 18.8 Å². The van der Waals surface area contributed by atoms with Crippen molar-refractivity contribution in [2.24, 2.45) is 11.8 Å². The maximum Gasteiger partial charge on any atom is 0.303 e. The van der Waals surface area contributed by atoms with Crippen LogP contribution in [0.3, 0.4) is 0 Å². The highest BCUT2D eigenvalue weighted by atomic mass is 16.6. The Balaban J connectivity index is 1.95. The van der Waals surface area contributed by atoms with Gasteiger partial charge >= 0.3 is 5.97 Å². The summed E-state index contributed by atoms with van der Waals surface area (Å²) in [5.74, 6) is -0.407. The van der Waals surface area contributed by atoms with Crippen molar-refractivity contribution in [2.75, 3.05) is 0 Å². The molecule has 19 heavy (non-hydrogen) atoms. The summed E-state index contributed by atoms with van der Waals surface area (Å²) in [6, 6.07) is 0. The molecule has 3 rings (SSSR count). The van der Waals surface area contributed by atoms with Crippen molar-refractivity contribution in [3.8, 4) is 0 Å². The topological polar surface area (TPSA) is 66.8 Å². The molecule has 0 aromatic rings. The van der Waals surface area contributed by atoms with Gasteiger partial charge in [-0.15, -0.1) is 0 Å². The van der Waals surface area contributed by atoms with Gasteiger partial charge in [0.25, 0.3) is 0 Å². The van der Waals surface area contributed by atoms with E-state index in [9.17, 15) is 15.0 Å². The zero-order valence-electron chi connectivity index (χ0n) is 11.6. The molecule has 0 aliphatic heterocycles. The van der Waals surface area contributed by atoms with Gasteiger partial charge in [-0.25, -0.2) is 0 Å². The maximum atomic E-state index is 11.5. The van der Waals surface area contributed by atoms with Crippen molar-refractivity contribution in [2.45, 2.75) is 75.6 Å². The Morgan fingerprint density at radius 2 is 1.68 bits per heavy atom. The minimum Gasteiger partial charge on any atom is -0.458 e. The van der Waals surface area contributed by atoms with E-state index in [1.807, 2.05) is 0 Å². The minimum atomic E-state index is -1.02. The van der Waals surface area contributed by atoms with Crippen LogP contribution in [0.1, 0.15) is 58.3 Å². The summed E-state index contributed by atoms with van der Waals surface area (Å²) >= 11 is 0. The summed E-state index contributed by atoms with van der Waals surface area (Å²) in [6.07, 6.45) is 6.61. The Bertz CT molecular complexity index is 382. The molecule has 0 unspecified atom stereocenters. The molecule has 108 valence electrons. The lowest BCUT2D eigenvalue weighted by molar-refractivity contribution is -0.333. The molecule has 0 aromatic heterocycles. The lowest BCUT2D eigenvalue weighted by atomic mass is 9.44. The normalized spacial score (nSPS) is 49.3. The van der Waals surface area contributed by atoms with E-state index in [1.165, 1.54) is 6.92 Å². The van der Waals surface area contributed by atoms with E-state index in [-0.39, 0.29) is 17.8 Å². The molecule has 3 aliphatic carbocycles. The molecule has 0 heterocycles. The molecule has 3 fully saturated rings. The molecule has 0 radical (unpaired) electrons.